The van der Waals surface area contributed by atoms with Gasteiger partial charge in [0.1, 0.15) is 0 Å². The van der Waals surface area contributed by atoms with Gasteiger partial charge in [0.05, 0.1) is 32.8 Å². The summed E-state index contributed by atoms with van der Waals surface area (Å²) >= 11 is 0. The highest BCUT2D eigenvalue weighted by Gasteiger charge is 2.35. The van der Waals surface area contributed by atoms with E-state index in [1.807, 2.05) is 23.1 Å². The first kappa shape index (κ1) is 15.2. The van der Waals surface area contributed by atoms with Crippen LogP contribution in [-0.4, -0.2) is 44.8 Å². The Morgan fingerprint density at radius 3 is 2.73 bits per heavy atom. The van der Waals surface area contributed by atoms with Crippen molar-refractivity contribution in [1.29, 1.82) is 0 Å². The van der Waals surface area contributed by atoms with E-state index in [4.69, 9.17) is 14.2 Å². The lowest BCUT2D eigenvalue weighted by molar-refractivity contribution is -0.136. The Kier molecular flexibility index (Phi) is 4.52. The minimum atomic E-state index is 0.0285. The summed E-state index contributed by atoms with van der Waals surface area (Å²) < 4.78 is 16.0. The van der Waals surface area contributed by atoms with Crippen LogP contribution in [0, 0.1) is 5.92 Å². The summed E-state index contributed by atoms with van der Waals surface area (Å²) in [5.41, 5.74) is 1.11. The summed E-state index contributed by atoms with van der Waals surface area (Å²) in [6, 6.07) is 6.06. The van der Waals surface area contributed by atoms with E-state index in [0.717, 1.165) is 31.4 Å². The van der Waals surface area contributed by atoms with Gasteiger partial charge in [-0.05, 0) is 37.0 Å². The van der Waals surface area contributed by atoms with Gasteiger partial charge in [0.15, 0.2) is 11.5 Å². The zero-order chi connectivity index (χ0) is 15.5. The van der Waals surface area contributed by atoms with Crippen molar-refractivity contribution in [3.63, 3.8) is 0 Å². The first-order chi connectivity index (χ1) is 10.7. The molecule has 2 heterocycles. The molecule has 1 amide bonds. The lowest BCUT2D eigenvalue weighted by atomic mass is 10.0. The fourth-order valence-electron chi connectivity index (χ4n) is 3.40. The second-order valence-corrected chi connectivity index (χ2v) is 5.86. The van der Waals surface area contributed by atoms with Gasteiger partial charge < -0.3 is 19.1 Å². The smallest absolute Gasteiger partial charge is 0.228 e. The van der Waals surface area contributed by atoms with Gasteiger partial charge in [0.25, 0.3) is 0 Å². The van der Waals surface area contributed by atoms with Gasteiger partial charge in [-0.1, -0.05) is 6.07 Å². The molecule has 0 aromatic heterocycles. The van der Waals surface area contributed by atoms with Crippen LogP contribution in [0.2, 0.25) is 0 Å². The van der Waals surface area contributed by atoms with Crippen LogP contribution in [0.4, 0.5) is 0 Å². The van der Waals surface area contributed by atoms with Crippen molar-refractivity contribution in [2.45, 2.75) is 25.3 Å². The molecular formula is C17H23NO4. The molecule has 2 atom stereocenters. The summed E-state index contributed by atoms with van der Waals surface area (Å²) in [6.07, 6.45) is 2.88. The lowest BCUT2D eigenvalue weighted by Crippen LogP contribution is -2.36. The standard InChI is InChI=1S/C17H23NO4/c1-20-15-6-5-12(10-16(15)21-2)14-4-3-8-18(14)17(19)13-7-9-22-11-13/h5-6,10,13-14H,3-4,7-9,11H2,1-2H3/t13-,14-/m1/s1. The van der Waals surface area contributed by atoms with Gasteiger partial charge in [-0.15, -0.1) is 0 Å². The van der Waals surface area contributed by atoms with Crippen molar-refractivity contribution in [3.05, 3.63) is 23.8 Å². The molecule has 2 aliphatic heterocycles. The number of rotatable bonds is 4. The predicted molar refractivity (Wildman–Crippen MR) is 82.2 cm³/mol. The second-order valence-electron chi connectivity index (χ2n) is 5.86. The lowest BCUT2D eigenvalue weighted by Gasteiger charge is -2.27. The molecule has 2 aliphatic rings. The van der Waals surface area contributed by atoms with Gasteiger partial charge in [-0.25, -0.2) is 0 Å². The quantitative estimate of drug-likeness (QED) is 0.857. The first-order valence-electron chi connectivity index (χ1n) is 7.84. The van der Waals surface area contributed by atoms with Crippen LogP contribution in [0.15, 0.2) is 18.2 Å². The average molecular weight is 305 g/mol. The topological polar surface area (TPSA) is 48.0 Å². The highest BCUT2D eigenvalue weighted by Crippen LogP contribution is 2.38. The molecule has 1 aromatic carbocycles. The van der Waals surface area contributed by atoms with Crippen molar-refractivity contribution in [2.24, 2.45) is 5.92 Å². The Morgan fingerprint density at radius 2 is 2.05 bits per heavy atom. The number of carbonyl (C=O) groups excluding carboxylic acids is 1. The SMILES string of the molecule is COc1ccc([C@H]2CCCN2C(=O)[C@@H]2CCOC2)cc1OC. The number of likely N-dealkylation sites (tertiary alicyclic amines) is 1. The minimum absolute atomic E-state index is 0.0285. The highest BCUT2D eigenvalue weighted by atomic mass is 16.5. The molecule has 0 aliphatic carbocycles. The third-order valence-electron chi connectivity index (χ3n) is 4.61. The van der Waals surface area contributed by atoms with E-state index in [1.54, 1.807) is 14.2 Å². The molecule has 0 unspecified atom stereocenters. The molecule has 5 nitrogen and oxygen atoms in total. The van der Waals surface area contributed by atoms with Gasteiger partial charge >= 0.3 is 0 Å². The molecular weight excluding hydrogens is 282 g/mol. The molecule has 22 heavy (non-hydrogen) atoms. The largest absolute Gasteiger partial charge is 0.493 e. The molecule has 0 bridgehead atoms. The summed E-state index contributed by atoms with van der Waals surface area (Å²) in [6.45, 7) is 2.09. The summed E-state index contributed by atoms with van der Waals surface area (Å²) in [5, 5.41) is 0. The van der Waals surface area contributed by atoms with Crippen LogP contribution in [0.1, 0.15) is 30.9 Å². The van der Waals surface area contributed by atoms with Gasteiger partial charge in [-0.2, -0.15) is 0 Å². The number of benzene rings is 1. The molecule has 0 N–H and O–H groups in total. The molecule has 3 rings (SSSR count). The van der Waals surface area contributed by atoms with E-state index in [0.29, 0.717) is 24.7 Å². The number of hydrogen-bond donors (Lipinski definition) is 0. The molecule has 5 heteroatoms. The third-order valence-corrected chi connectivity index (χ3v) is 4.61. The molecule has 2 saturated heterocycles. The van der Waals surface area contributed by atoms with Crippen molar-refractivity contribution >= 4 is 5.91 Å². The number of hydrogen-bond acceptors (Lipinski definition) is 4. The van der Waals surface area contributed by atoms with Crippen LogP contribution < -0.4 is 9.47 Å². The Morgan fingerprint density at radius 1 is 1.23 bits per heavy atom. The normalized spacial score (nSPS) is 24.5. The van der Waals surface area contributed by atoms with Crippen molar-refractivity contribution in [1.82, 2.24) is 4.90 Å². The van der Waals surface area contributed by atoms with Gasteiger partial charge in [0.2, 0.25) is 5.91 Å². The Hall–Kier alpha value is -1.75. The third kappa shape index (κ3) is 2.77. The summed E-state index contributed by atoms with van der Waals surface area (Å²) in [4.78, 5) is 14.7. The fourth-order valence-corrected chi connectivity index (χ4v) is 3.40. The van der Waals surface area contributed by atoms with Crippen molar-refractivity contribution in [2.75, 3.05) is 34.0 Å². The molecule has 0 spiro atoms. The van der Waals surface area contributed by atoms with E-state index in [2.05, 4.69) is 0 Å². The average Bonchev–Trinajstić information content (AvgIpc) is 3.24. The van der Waals surface area contributed by atoms with Crippen LogP contribution in [0.5, 0.6) is 11.5 Å². The van der Waals surface area contributed by atoms with E-state index < -0.39 is 0 Å². The maximum atomic E-state index is 12.7. The zero-order valence-corrected chi connectivity index (χ0v) is 13.2. The van der Waals surface area contributed by atoms with E-state index in [1.165, 1.54) is 0 Å². The molecule has 1 aromatic rings. The Balaban J connectivity index is 1.82. The minimum Gasteiger partial charge on any atom is -0.493 e. The van der Waals surface area contributed by atoms with Crippen LogP contribution in [-0.2, 0) is 9.53 Å². The summed E-state index contributed by atoms with van der Waals surface area (Å²) in [5.74, 6) is 1.69. The van der Waals surface area contributed by atoms with Gasteiger partial charge in [0, 0.05) is 13.2 Å². The monoisotopic (exact) mass is 305 g/mol. The second kappa shape index (κ2) is 6.57. The first-order valence-corrected chi connectivity index (χ1v) is 7.84. The highest BCUT2D eigenvalue weighted by molar-refractivity contribution is 5.80. The Labute approximate surface area is 131 Å². The molecule has 0 radical (unpaired) electrons. The summed E-state index contributed by atoms with van der Waals surface area (Å²) in [7, 11) is 3.26. The number of nitrogens with zero attached hydrogens (tertiary/aromatic N) is 1. The zero-order valence-electron chi connectivity index (χ0n) is 13.2. The maximum absolute atomic E-state index is 12.7. The molecule has 2 fully saturated rings. The molecule has 120 valence electrons. The Bertz CT molecular complexity index is 539. The maximum Gasteiger partial charge on any atom is 0.228 e. The molecule has 0 saturated carbocycles. The van der Waals surface area contributed by atoms with E-state index >= 15 is 0 Å². The number of amides is 1. The van der Waals surface area contributed by atoms with Gasteiger partial charge in [-0.3, -0.25) is 4.79 Å². The van der Waals surface area contributed by atoms with E-state index in [9.17, 15) is 4.79 Å². The van der Waals surface area contributed by atoms with Crippen molar-refractivity contribution < 1.29 is 19.0 Å². The van der Waals surface area contributed by atoms with Crippen LogP contribution in [0.3, 0.4) is 0 Å². The van der Waals surface area contributed by atoms with E-state index in [-0.39, 0.29) is 17.9 Å². The van der Waals surface area contributed by atoms with Crippen molar-refractivity contribution in [3.8, 4) is 11.5 Å². The van der Waals surface area contributed by atoms with Crippen LogP contribution >= 0.6 is 0 Å². The number of carbonyl (C=O) groups is 1. The predicted octanol–water partition coefficient (Wildman–Crippen LogP) is 2.40. The number of ether oxygens (including phenoxy) is 3. The van der Waals surface area contributed by atoms with Crippen LogP contribution in [0.25, 0.3) is 0 Å². The fraction of sp³-hybridized carbons (Fsp3) is 0.588. The number of methoxy groups -OCH3 is 2.